The molecule has 1 aromatic carbocycles. The van der Waals surface area contributed by atoms with Gasteiger partial charge < -0.3 is 10.6 Å². The first-order valence-electron chi connectivity index (χ1n) is 9.06. The smallest absolute Gasteiger partial charge is 0.251 e. The molecular weight excluding hydrogens is 338 g/mol. The molecule has 1 aliphatic carbocycles. The van der Waals surface area contributed by atoms with Gasteiger partial charge >= 0.3 is 0 Å². The van der Waals surface area contributed by atoms with Gasteiger partial charge in [0.25, 0.3) is 5.91 Å². The third-order valence-corrected chi connectivity index (χ3v) is 6.09. The lowest BCUT2D eigenvalue weighted by atomic mass is 10.1. The summed E-state index contributed by atoms with van der Waals surface area (Å²) in [6, 6.07) is 4.83. The molecule has 0 aromatic heterocycles. The van der Waals surface area contributed by atoms with Gasteiger partial charge in [-0.15, -0.1) is 0 Å². The van der Waals surface area contributed by atoms with Gasteiger partial charge in [-0.2, -0.15) is 0 Å². The van der Waals surface area contributed by atoms with Gasteiger partial charge in [0.1, 0.15) is 0 Å². The number of carbonyl (C=O) groups is 1. The highest BCUT2D eigenvalue weighted by Gasteiger charge is 2.25. The molecule has 25 heavy (non-hydrogen) atoms. The predicted molar refractivity (Wildman–Crippen MR) is 99.3 cm³/mol. The maximum atomic E-state index is 12.7. The van der Waals surface area contributed by atoms with Gasteiger partial charge in [0.15, 0.2) is 0 Å². The molecule has 0 spiro atoms. The molecule has 1 aromatic rings. The van der Waals surface area contributed by atoms with E-state index in [0.29, 0.717) is 24.2 Å². The molecule has 7 heteroatoms. The fourth-order valence-corrected chi connectivity index (χ4v) is 4.60. The van der Waals surface area contributed by atoms with E-state index in [0.717, 1.165) is 38.6 Å². The number of nitrogens with one attached hydrogen (secondary N) is 3. The van der Waals surface area contributed by atoms with Gasteiger partial charge in [0.2, 0.25) is 10.0 Å². The van der Waals surface area contributed by atoms with Gasteiger partial charge in [-0.25, -0.2) is 13.1 Å². The molecule has 1 amide bonds. The Labute approximate surface area is 150 Å². The van der Waals surface area contributed by atoms with Crippen molar-refractivity contribution >= 4 is 15.9 Å². The molecule has 0 bridgehead atoms. The average Bonchev–Trinajstić information content (AvgIpc) is 3.07. The monoisotopic (exact) mass is 367 g/mol. The fourth-order valence-electron chi connectivity index (χ4n) is 3.03. The number of rotatable bonds is 9. The molecule has 1 aliphatic rings. The predicted octanol–water partition coefficient (Wildman–Crippen LogP) is 1.95. The second-order valence-electron chi connectivity index (χ2n) is 6.59. The van der Waals surface area contributed by atoms with E-state index in [2.05, 4.69) is 22.3 Å². The number of benzene rings is 1. The minimum Gasteiger partial charge on any atom is -0.351 e. The lowest BCUT2D eigenvalue weighted by Gasteiger charge is -2.15. The van der Waals surface area contributed by atoms with E-state index < -0.39 is 10.0 Å². The lowest BCUT2D eigenvalue weighted by Crippen LogP contribution is -2.34. The quantitative estimate of drug-likeness (QED) is 0.582. The van der Waals surface area contributed by atoms with Crippen LogP contribution in [0.5, 0.6) is 0 Å². The molecule has 0 atom stereocenters. The van der Waals surface area contributed by atoms with Crippen LogP contribution in [0.25, 0.3) is 0 Å². The van der Waals surface area contributed by atoms with Crippen molar-refractivity contribution in [3.63, 3.8) is 0 Å². The standard InChI is InChI=1S/C18H29N3O3S/c1-3-10-19-11-12-20-18(22)15-9-8-14(2)17(13-15)25(23,24)21-16-6-4-5-7-16/h8-9,13,16,19,21H,3-7,10-12H2,1-2H3,(H,20,22). The van der Waals surface area contributed by atoms with Crippen LogP contribution in [-0.4, -0.2) is 40.0 Å². The Bertz CT molecular complexity index is 683. The molecule has 1 fully saturated rings. The zero-order valence-electron chi connectivity index (χ0n) is 15.1. The number of aryl methyl sites for hydroxylation is 1. The van der Waals surface area contributed by atoms with E-state index in [4.69, 9.17) is 0 Å². The number of sulfonamides is 1. The summed E-state index contributed by atoms with van der Waals surface area (Å²) < 4.78 is 28.1. The molecule has 2 rings (SSSR count). The minimum atomic E-state index is -3.61. The van der Waals surface area contributed by atoms with Crippen molar-refractivity contribution in [1.29, 1.82) is 0 Å². The number of amides is 1. The van der Waals surface area contributed by atoms with Crippen molar-refractivity contribution in [3.8, 4) is 0 Å². The van der Waals surface area contributed by atoms with E-state index in [1.165, 1.54) is 6.07 Å². The van der Waals surface area contributed by atoms with Crippen LogP contribution in [0, 0.1) is 6.92 Å². The third kappa shape index (κ3) is 5.80. The molecule has 0 aliphatic heterocycles. The molecule has 1 saturated carbocycles. The first-order valence-corrected chi connectivity index (χ1v) is 10.5. The molecule has 3 N–H and O–H groups in total. The Balaban J connectivity index is 2.04. The summed E-state index contributed by atoms with van der Waals surface area (Å²) in [5.74, 6) is -0.254. The first kappa shape index (κ1) is 19.9. The number of carbonyl (C=O) groups excluding carboxylic acids is 1. The number of hydrogen-bond acceptors (Lipinski definition) is 4. The van der Waals surface area contributed by atoms with E-state index in [-0.39, 0.29) is 16.8 Å². The van der Waals surface area contributed by atoms with Crippen LogP contribution in [0.2, 0.25) is 0 Å². The maximum absolute atomic E-state index is 12.7. The highest BCUT2D eigenvalue weighted by atomic mass is 32.2. The normalized spacial score (nSPS) is 15.4. The zero-order chi connectivity index (χ0) is 18.3. The molecule has 0 heterocycles. The van der Waals surface area contributed by atoms with Crippen LogP contribution < -0.4 is 15.4 Å². The summed E-state index contributed by atoms with van der Waals surface area (Å²) in [6.45, 7) is 5.95. The topological polar surface area (TPSA) is 87.3 Å². The minimum absolute atomic E-state index is 0.00604. The van der Waals surface area contributed by atoms with Crippen molar-refractivity contribution in [2.75, 3.05) is 19.6 Å². The highest BCUT2D eigenvalue weighted by molar-refractivity contribution is 7.89. The van der Waals surface area contributed by atoms with Crippen LogP contribution >= 0.6 is 0 Å². The summed E-state index contributed by atoms with van der Waals surface area (Å²) in [5.41, 5.74) is 1.01. The highest BCUT2D eigenvalue weighted by Crippen LogP contribution is 2.22. The van der Waals surface area contributed by atoms with Crippen molar-refractivity contribution in [3.05, 3.63) is 29.3 Å². The maximum Gasteiger partial charge on any atom is 0.251 e. The zero-order valence-corrected chi connectivity index (χ0v) is 15.9. The molecule has 0 saturated heterocycles. The first-order chi connectivity index (χ1) is 11.9. The van der Waals surface area contributed by atoms with E-state index in [9.17, 15) is 13.2 Å². The number of hydrogen-bond donors (Lipinski definition) is 3. The Morgan fingerprint density at radius 2 is 1.88 bits per heavy atom. The largest absolute Gasteiger partial charge is 0.351 e. The van der Waals surface area contributed by atoms with Gasteiger partial charge in [0.05, 0.1) is 4.90 Å². The lowest BCUT2D eigenvalue weighted by molar-refractivity contribution is 0.0953. The van der Waals surface area contributed by atoms with Crippen LogP contribution in [0.4, 0.5) is 0 Å². The van der Waals surface area contributed by atoms with Crippen molar-refractivity contribution in [2.45, 2.75) is 56.9 Å². The third-order valence-electron chi connectivity index (χ3n) is 4.43. The second-order valence-corrected chi connectivity index (χ2v) is 8.27. The molecule has 0 radical (unpaired) electrons. The van der Waals surface area contributed by atoms with Crippen LogP contribution in [-0.2, 0) is 10.0 Å². The van der Waals surface area contributed by atoms with Crippen LogP contribution in [0.3, 0.4) is 0 Å². The van der Waals surface area contributed by atoms with Crippen LogP contribution in [0.1, 0.15) is 54.9 Å². The van der Waals surface area contributed by atoms with Gasteiger partial charge in [0, 0.05) is 24.7 Å². The van der Waals surface area contributed by atoms with E-state index in [1.54, 1.807) is 19.1 Å². The summed E-state index contributed by atoms with van der Waals surface area (Å²) in [6.07, 6.45) is 4.91. The molecular formula is C18H29N3O3S. The Hall–Kier alpha value is -1.44. The Kier molecular flexibility index (Phi) is 7.40. The molecule has 0 unspecified atom stereocenters. The molecule has 6 nitrogen and oxygen atoms in total. The van der Waals surface area contributed by atoms with Crippen molar-refractivity contribution in [2.24, 2.45) is 0 Å². The van der Waals surface area contributed by atoms with Gasteiger partial charge in [-0.1, -0.05) is 25.8 Å². The SMILES string of the molecule is CCCNCCNC(=O)c1ccc(C)c(S(=O)(=O)NC2CCCC2)c1. The van der Waals surface area contributed by atoms with Crippen LogP contribution in [0.15, 0.2) is 23.1 Å². The van der Waals surface area contributed by atoms with E-state index >= 15 is 0 Å². The summed E-state index contributed by atoms with van der Waals surface area (Å²) >= 11 is 0. The fraction of sp³-hybridized carbons (Fsp3) is 0.611. The second kappa shape index (κ2) is 9.31. The van der Waals surface area contributed by atoms with Crippen molar-refractivity contribution < 1.29 is 13.2 Å². The average molecular weight is 368 g/mol. The Morgan fingerprint density at radius 1 is 1.16 bits per heavy atom. The van der Waals surface area contributed by atoms with Crippen molar-refractivity contribution in [1.82, 2.24) is 15.4 Å². The summed E-state index contributed by atoms with van der Waals surface area (Å²) in [7, 11) is -3.61. The van der Waals surface area contributed by atoms with Gasteiger partial charge in [-0.05, 0) is 50.4 Å². The Morgan fingerprint density at radius 3 is 2.56 bits per heavy atom. The summed E-state index contributed by atoms with van der Waals surface area (Å²) in [5, 5.41) is 6.02. The van der Waals surface area contributed by atoms with Gasteiger partial charge in [-0.3, -0.25) is 4.79 Å². The molecule has 140 valence electrons. The van der Waals surface area contributed by atoms with E-state index in [1.807, 2.05) is 0 Å². The summed E-state index contributed by atoms with van der Waals surface area (Å²) in [4.78, 5) is 12.4.